The van der Waals surface area contributed by atoms with Gasteiger partial charge in [-0.1, -0.05) is 12.1 Å². The van der Waals surface area contributed by atoms with Gasteiger partial charge in [-0.05, 0) is 18.5 Å². The Morgan fingerprint density at radius 2 is 2.20 bits per heavy atom. The minimum Gasteiger partial charge on any atom is -0.494 e. The summed E-state index contributed by atoms with van der Waals surface area (Å²) in [5.41, 5.74) is 1.95. The third-order valence-corrected chi connectivity index (χ3v) is 2.12. The minimum atomic E-state index is 0.738. The van der Waals surface area contributed by atoms with Crippen molar-refractivity contribution in [1.29, 1.82) is 0 Å². The Labute approximate surface area is 89.9 Å². The Morgan fingerprint density at radius 1 is 1.33 bits per heavy atom. The molecule has 1 N–H and O–H groups in total. The number of ether oxygens (including phenoxy) is 1. The molecule has 0 aliphatic carbocycles. The maximum absolute atomic E-state index is 5.66. The standard InChI is InChI=1S/C11H13BN2O/c12-5-6-15-11-4-2-1-3-9(11)10-7-13-8-14-10/h1-4,7-8H,5-6,12H2,(H,13,14). The molecule has 0 saturated carbocycles. The van der Waals surface area contributed by atoms with Gasteiger partial charge in [0.1, 0.15) is 13.6 Å². The molecule has 0 radical (unpaired) electrons. The molecule has 3 nitrogen and oxygen atoms in total. The van der Waals surface area contributed by atoms with Gasteiger partial charge in [0, 0.05) is 11.8 Å². The second-order valence-corrected chi connectivity index (χ2v) is 3.30. The van der Waals surface area contributed by atoms with E-state index in [2.05, 4.69) is 17.8 Å². The first kappa shape index (κ1) is 9.83. The second kappa shape index (κ2) is 4.69. The van der Waals surface area contributed by atoms with E-state index in [1.54, 1.807) is 6.33 Å². The van der Waals surface area contributed by atoms with Gasteiger partial charge in [-0.3, -0.25) is 0 Å². The second-order valence-electron chi connectivity index (χ2n) is 3.30. The zero-order valence-corrected chi connectivity index (χ0v) is 8.73. The van der Waals surface area contributed by atoms with E-state index in [4.69, 9.17) is 4.74 Å². The Hall–Kier alpha value is -1.71. The van der Waals surface area contributed by atoms with E-state index >= 15 is 0 Å². The van der Waals surface area contributed by atoms with E-state index in [1.165, 1.54) is 0 Å². The zero-order valence-electron chi connectivity index (χ0n) is 8.73. The van der Waals surface area contributed by atoms with Crippen molar-refractivity contribution in [3.63, 3.8) is 0 Å². The quantitative estimate of drug-likeness (QED) is 0.759. The number of nitrogens with one attached hydrogen (secondary N) is 1. The van der Waals surface area contributed by atoms with Crippen molar-refractivity contribution in [1.82, 2.24) is 9.97 Å². The van der Waals surface area contributed by atoms with Crippen LogP contribution >= 0.6 is 0 Å². The normalized spacial score (nSPS) is 10.1. The van der Waals surface area contributed by atoms with Crippen LogP contribution in [-0.4, -0.2) is 24.4 Å². The van der Waals surface area contributed by atoms with E-state index in [-0.39, 0.29) is 0 Å². The van der Waals surface area contributed by atoms with Crippen LogP contribution in [0.4, 0.5) is 0 Å². The van der Waals surface area contributed by atoms with Crippen molar-refractivity contribution >= 4 is 7.85 Å². The molecule has 0 unspecified atom stereocenters. The lowest BCUT2D eigenvalue weighted by atomic mass is 10.1. The molecular weight excluding hydrogens is 187 g/mol. The summed E-state index contributed by atoms with van der Waals surface area (Å²) in [6, 6.07) is 7.95. The fourth-order valence-corrected chi connectivity index (χ4v) is 1.42. The Kier molecular flexibility index (Phi) is 3.07. The molecule has 15 heavy (non-hydrogen) atoms. The summed E-state index contributed by atoms with van der Waals surface area (Å²) in [5, 5.41) is 0. The van der Waals surface area contributed by atoms with E-state index in [1.807, 2.05) is 30.5 Å². The summed E-state index contributed by atoms with van der Waals surface area (Å²) < 4.78 is 5.66. The summed E-state index contributed by atoms with van der Waals surface area (Å²) in [7, 11) is 2.09. The molecule has 0 saturated heterocycles. The number of rotatable bonds is 4. The van der Waals surface area contributed by atoms with Crippen molar-refractivity contribution in [3.05, 3.63) is 36.8 Å². The summed E-state index contributed by atoms with van der Waals surface area (Å²) in [6.07, 6.45) is 4.55. The van der Waals surface area contributed by atoms with Crippen LogP contribution in [-0.2, 0) is 0 Å². The summed E-state index contributed by atoms with van der Waals surface area (Å²) in [5.74, 6) is 0.895. The number of hydrogen-bond donors (Lipinski definition) is 1. The molecule has 0 aliphatic heterocycles. The molecule has 0 fully saturated rings. The van der Waals surface area contributed by atoms with Crippen LogP contribution in [0, 0.1) is 0 Å². The van der Waals surface area contributed by atoms with Crippen molar-refractivity contribution < 1.29 is 4.74 Å². The fourth-order valence-electron chi connectivity index (χ4n) is 1.42. The van der Waals surface area contributed by atoms with Crippen molar-refractivity contribution in [3.8, 4) is 17.0 Å². The predicted octanol–water partition coefficient (Wildman–Crippen LogP) is 1.51. The van der Waals surface area contributed by atoms with Crippen LogP contribution in [0.1, 0.15) is 0 Å². The zero-order chi connectivity index (χ0) is 10.5. The van der Waals surface area contributed by atoms with Gasteiger partial charge < -0.3 is 9.72 Å². The first-order valence-corrected chi connectivity index (χ1v) is 5.13. The number of nitrogens with zero attached hydrogens (tertiary/aromatic N) is 1. The number of hydrogen-bond acceptors (Lipinski definition) is 2. The smallest absolute Gasteiger partial charge is 0.128 e. The van der Waals surface area contributed by atoms with Gasteiger partial charge in [-0.25, -0.2) is 4.98 Å². The minimum absolute atomic E-state index is 0.738. The summed E-state index contributed by atoms with van der Waals surface area (Å²) >= 11 is 0. The highest BCUT2D eigenvalue weighted by Gasteiger charge is 2.06. The van der Waals surface area contributed by atoms with E-state index in [0.717, 1.165) is 29.9 Å². The molecule has 1 heterocycles. The third kappa shape index (κ3) is 2.21. The summed E-state index contributed by atoms with van der Waals surface area (Å²) in [6.45, 7) is 0.738. The number of benzene rings is 1. The number of aromatic amines is 1. The average Bonchev–Trinajstić information content (AvgIpc) is 2.80. The van der Waals surface area contributed by atoms with Crippen LogP contribution in [0.15, 0.2) is 36.8 Å². The average molecular weight is 200 g/mol. The number of H-pyrrole nitrogens is 1. The molecule has 0 atom stereocenters. The maximum Gasteiger partial charge on any atom is 0.128 e. The Bertz CT molecular complexity index is 414. The van der Waals surface area contributed by atoms with Gasteiger partial charge in [0.05, 0.1) is 18.6 Å². The van der Waals surface area contributed by atoms with E-state index in [0.29, 0.717) is 0 Å². The highest BCUT2D eigenvalue weighted by atomic mass is 16.5. The predicted molar refractivity (Wildman–Crippen MR) is 62.9 cm³/mol. The molecule has 1 aromatic heterocycles. The SMILES string of the molecule is BCCOc1ccccc1-c1c[nH]cn1. The topological polar surface area (TPSA) is 37.9 Å². The van der Waals surface area contributed by atoms with E-state index in [9.17, 15) is 0 Å². The molecule has 2 rings (SSSR count). The van der Waals surface area contributed by atoms with Gasteiger partial charge in [0.25, 0.3) is 0 Å². The van der Waals surface area contributed by atoms with Gasteiger partial charge in [-0.2, -0.15) is 0 Å². The van der Waals surface area contributed by atoms with Gasteiger partial charge in [-0.15, -0.1) is 0 Å². The molecule has 0 aliphatic rings. The fraction of sp³-hybridized carbons (Fsp3) is 0.182. The highest BCUT2D eigenvalue weighted by molar-refractivity contribution is 6.08. The van der Waals surface area contributed by atoms with Crippen molar-refractivity contribution in [2.75, 3.05) is 6.61 Å². The van der Waals surface area contributed by atoms with Crippen LogP contribution in [0.3, 0.4) is 0 Å². The van der Waals surface area contributed by atoms with Crippen molar-refractivity contribution in [2.24, 2.45) is 0 Å². The third-order valence-electron chi connectivity index (χ3n) is 2.12. The lowest BCUT2D eigenvalue weighted by Gasteiger charge is -2.08. The molecule has 2 aromatic rings. The maximum atomic E-state index is 5.66. The Morgan fingerprint density at radius 3 is 2.93 bits per heavy atom. The van der Waals surface area contributed by atoms with Gasteiger partial charge >= 0.3 is 0 Å². The van der Waals surface area contributed by atoms with Crippen LogP contribution in [0.5, 0.6) is 5.75 Å². The lowest BCUT2D eigenvalue weighted by Crippen LogP contribution is -1.97. The molecule has 4 heteroatoms. The van der Waals surface area contributed by atoms with Gasteiger partial charge in [0.2, 0.25) is 0 Å². The molecular formula is C11H13BN2O. The van der Waals surface area contributed by atoms with Crippen LogP contribution in [0.25, 0.3) is 11.3 Å². The largest absolute Gasteiger partial charge is 0.494 e. The first-order valence-electron chi connectivity index (χ1n) is 5.13. The Balaban J connectivity index is 2.30. The number of aromatic nitrogens is 2. The van der Waals surface area contributed by atoms with Gasteiger partial charge in [0.15, 0.2) is 0 Å². The highest BCUT2D eigenvalue weighted by Crippen LogP contribution is 2.27. The molecule has 0 bridgehead atoms. The van der Waals surface area contributed by atoms with Crippen LogP contribution in [0.2, 0.25) is 6.32 Å². The summed E-state index contributed by atoms with van der Waals surface area (Å²) in [4.78, 5) is 7.16. The van der Waals surface area contributed by atoms with Crippen molar-refractivity contribution in [2.45, 2.75) is 6.32 Å². The monoisotopic (exact) mass is 200 g/mol. The van der Waals surface area contributed by atoms with Crippen LogP contribution < -0.4 is 4.74 Å². The molecule has 0 spiro atoms. The molecule has 1 aromatic carbocycles. The number of para-hydroxylation sites is 1. The van der Waals surface area contributed by atoms with E-state index < -0.39 is 0 Å². The molecule has 0 amide bonds. The number of imidazole rings is 1. The molecule has 76 valence electrons. The lowest BCUT2D eigenvalue weighted by molar-refractivity contribution is 0.342. The first-order chi connectivity index (χ1) is 7.42.